The van der Waals surface area contributed by atoms with Crippen LogP contribution in [0, 0.1) is 23.2 Å². The normalized spacial score (nSPS) is 34.4. The van der Waals surface area contributed by atoms with Crippen LogP contribution in [-0.4, -0.2) is 17.0 Å². The number of carboxylic acid groups (broad SMARTS) is 1. The molecule has 1 amide bonds. The SMILES string of the molecule is O=C(O)c1cc(Br)ccc1NC(=O)C12CC3CC(CC(C3)C1)C2. The van der Waals surface area contributed by atoms with Crippen molar-refractivity contribution in [2.75, 3.05) is 5.32 Å². The second kappa shape index (κ2) is 5.33. The molecule has 0 spiro atoms. The highest BCUT2D eigenvalue weighted by molar-refractivity contribution is 9.10. The fraction of sp³-hybridized carbons (Fsp3) is 0.556. The average molecular weight is 378 g/mol. The standard InChI is InChI=1S/C18H20BrNO3/c19-13-1-2-15(14(6-13)16(21)22)20-17(23)18-7-10-3-11(8-18)5-12(4-10)9-18/h1-2,6,10-12H,3-5,7-9H2,(H,20,23)(H,21,22). The van der Waals surface area contributed by atoms with Gasteiger partial charge in [0.15, 0.2) is 0 Å². The lowest BCUT2D eigenvalue weighted by molar-refractivity contribution is -0.140. The van der Waals surface area contributed by atoms with Crippen molar-refractivity contribution in [1.29, 1.82) is 0 Å². The Hall–Kier alpha value is -1.36. The predicted molar refractivity (Wildman–Crippen MR) is 90.3 cm³/mol. The van der Waals surface area contributed by atoms with E-state index in [4.69, 9.17) is 0 Å². The van der Waals surface area contributed by atoms with Crippen LogP contribution in [0.4, 0.5) is 5.69 Å². The maximum absolute atomic E-state index is 13.0. The summed E-state index contributed by atoms with van der Waals surface area (Å²) in [5.74, 6) is 1.08. The maximum atomic E-state index is 13.0. The molecule has 2 N–H and O–H groups in total. The number of rotatable bonds is 3. The second-order valence-corrected chi connectivity index (χ2v) is 8.56. The van der Waals surface area contributed by atoms with Crippen molar-refractivity contribution in [3.8, 4) is 0 Å². The number of nitrogens with one attached hydrogen (secondary N) is 1. The third kappa shape index (κ3) is 2.59. The number of hydrogen-bond donors (Lipinski definition) is 2. The van der Waals surface area contributed by atoms with Crippen molar-refractivity contribution < 1.29 is 14.7 Å². The lowest BCUT2D eigenvalue weighted by Crippen LogP contribution is -2.51. The summed E-state index contributed by atoms with van der Waals surface area (Å²) >= 11 is 3.29. The fourth-order valence-electron chi connectivity index (χ4n) is 5.45. The minimum Gasteiger partial charge on any atom is -0.478 e. The highest BCUT2D eigenvalue weighted by Crippen LogP contribution is 2.60. The number of aromatic carboxylic acids is 1. The first kappa shape index (κ1) is 15.2. The van der Waals surface area contributed by atoms with Crippen LogP contribution in [0.5, 0.6) is 0 Å². The lowest BCUT2D eigenvalue weighted by Gasteiger charge is -2.55. The molecule has 0 aliphatic heterocycles. The summed E-state index contributed by atoms with van der Waals surface area (Å²) in [6.07, 6.45) is 6.78. The van der Waals surface area contributed by atoms with Crippen LogP contribution in [0.25, 0.3) is 0 Å². The number of halogens is 1. The van der Waals surface area contributed by atoms with Crippen LogP contribution in [0.15, 0.2) is 22.7 Å². The van der Waals surface area contributed by atoms with E-state index in [1.165, 1.54) is 25.3 Å². The molecule has 0 unspecified atom stereocenters. The van der Waals surface area contributed by atoms with Gasteiger partial charge in [-0.2, -0.15) is 0 Å². The number of amides is 1. The molecule has 4 aliphatic rings. The predicted octanol–water partition coefficient (Wildman–Crippen LogP) is 4.30. The van der Waals surface area contributed by atoms with E-state index < -0.39 is 5.97 Å². The monoisotopic (exact) mass is 377 g/mol. The Morgan fingerprint density at radius 2 is 1.65 bits per heavy atom. The van der Waals surface area contributed by atoms with Gasteiger partial charge in [0, 0.05) is 4.47 Å². The van der Waals surface area contributed by atoms with E-state index in [0.29, 0.717) is 27.9 Å². The van der Waals surface area contributed by atoms with Gasteiger partial charge < -0.3 is 10.4 Å². The van der Waals surface area contributed by atoms with Crippen molar-refractivity contribution in [3.63, 3.8) is 0 Å². The molecule has 4 saturated carbocycles. The first-order chi connectivity index (χ1) is 10.9. The lowest BCUT2D eigenvalue weighted by atomic mass is 9.49. The summed E-state index contributed by atoms with van der Waals surface area (Å²) < 4.78 is 0.697. The second-order valence-electron chi connectivity index (χ2n) is 7.65. The molecule has 5 rings (SSSR count). The summed E-state index contributed by atoms with van der Waals surface area (Å²) in [5.41, 5.74) is 0.274. The van der Waals surface area contributed by atoms with Gasteiger partial charge in [-0.15, -0.1) is 0 Å². The largest absolute Gasteiger partial charge is 0.478 e. The van der Waals surface area contributed by atoms with Crippen molar-refractivity contribution in [3.05, 3.63) is 28.2 Å². The molecule has 0 heterocycles. The van der Waals surface area contributed by atoms with Gasteiger partial charge >= 0.3 is 5.97 Å². The topological polar surface area (TPSA) is 66.4 Å². The molecule has 4 nitrogen and oxygen atoms in total. The van der Waals surface area contributed by atoms with Crippen LogP contribution in [0.2, 0.25) is 0 Å². The number of carboxylic acids is 1. The van der Waals surface area contributed by atoms with Gasteiger partial charge in [-0.05, 0) is 74.5 Å². The van der Waals surface area contributed by atoms with Crippen LogP contribution in [0.3, 0.4) is 0 Å². The van der Waals surface area contributed by atoms with Gasteiger partial charge in [0.2, 0.25) is 5.91 Å². The number of hydrogen-bond acceptors (Lipinski definition) is 2. The van der Waals surface area contributed by atoms with Gasteiger partial charge in [-0.25, -0.2) is 4.79 Å². The van der Waals surface area contributed by atoms with E-state index >= 15 is 0 Å². The fourth-order valence-corrected chi connectivity index (χ4v) is 5.81. The molecule has 0 aromatic heterocycles. The quantitative estimate of drug-likeness (QED) is 0.824. The molecule has 4 bridgehead atoms. The Labute approximate surface area is 143 Å². The third-order valence-electron chi connectivity index (χ3n) is 5.98. The van der Waals surface area contributed by atoms with E-state index in [1.54, 1.807) is 12.1 Å². The maximum Gasteiger partial charge on any atom is 0.337 e. The van der Waals surface area contributed by atoms with E-state index in [9.17, 15) is 14.7 Å². The first-order valence-corrected chi connectivity index (χ1v) is 9.09. The van der Waals surface area contributed by atoms with E-state index in [-0.39, 0.29) is 16.9 Å². The summed E-state index contributed by atoms with van der Waals surface area (Å²) in [5, 5.41) is 12.3. The summed E-state index contributed by atoms with van der Waals surface area (Å²) in [4.78, 5) is 24.4. The minimum atomic E-state index is -1.02. The Bertz CT molecular complexity index is 650. The average Bonchev–Trinajstić information content (AvgIpc) is 2.47. The molecule has 0 radical (unpaired) electrons. The zero-order valence-corrected chi connectivity index (χ0v) is 14.4. The highest BCUT2D eigenvalue weighted by Gasteiger charge is 2.54. The Balaban J connectivity index is 1.60. The molecule has 0 saturated heterocycles. The van der Waals surface area contributed by atoms with E-state index in [1.807, 2.05) is 0 Å². The van der Waals surface area contributed by atoms with Gasteiger partial charge in [0.05, 0.1) is 16.7 Å². The minimum absolute atomic E-state index is 0.0291. The van der Waals surface area contributed by atoms with Gasteiger partial charge in [0.1, 0.15) is 0 Å². The molecular formula is C18H20BrNO3. The van der Waals surface area contributed by atoms with Gasteiger partial charge in [0.25, 0.3) is 0 Å². The number of carbonyl (C=O) groups is 2. The van der Waals surface area contributed by atoms with Crippen molar-refractivity contribution >= 4 is 33.5 Å². The molecule has 0 atom stereocenters. The smallest absolute Gasteiger partial charge is 0.337 e. The molecule has 1 aromatic rings. The Morgan fingerprint density at radius 1 is 1.09 bits per heavy atom. The molecule has 122 valence electrons. The third-order valence-corrected chi connectivity index (χ3v) is 6.47. The van der Waals surface area contributed by atoms with E-state index in [0.717, 1.165) is 19.3 Å². The highest BCUT2D eigenvalue weighted by atomic mass is 79.9. The molecule has 23 heavy (non-hydrogen) atoms. The molecule has 5 heteroatoms. The van der Waals surface area contributed by atoms with Gasteiger partial charge in [-0.1, -0.05) is 15.9 Å². The van der Waals surface area contributed by atoms with E-state index in [2.05, 4.69) is 21.2 Å². The zero-order chi connectivity index (χ0) is 16.2. The van der Waals surface area contributed by atoms with Crippen LogP contribution < -0.4 is 5.32 Å². The number of anilines is 1. The molecule has 4 aliphatic carbocycles. The molecule has 4 fully saturated rings. The molecular weight excluding hydrogens is 358 g/mol. The van der Waals surface area contributed by atoms with Crippen LogP contribution >= 0.6 is 15.9 Å². The summed E-state index contributed by atoms with van der Waals surface area (Å²) in [7, 11) is 0. The summed E-state index contributed by atoms with van der Waals surface area (Å²) in [6.45, 7) is 0. The van der Waals surface area contributed by atoms with Crippen LogP contribution in [-0.2, 0) is 4.79 Å². The van der Waals surface area contributed by atoms with Gasteiger partial charge in [-0.3, -0.25) is 4.79 Å². The van der Waals surface area contributed by atoms with Crippen molar-refractivity contribution in [1.82, 2.24) is 0 Å². The van der Waals surface area contributed by atoms with Crippen molar-refractivity contribution in [2.24, 2.45) is 23.2 Å². The van der Waals surface area contributed by atoms with Crippen molar-refractivity contribution in [2.45, 2.75) is 38.5 Å². The number of benzene rings is 1. The first-order valence-electron chi connectivity index (χ1n) is 8.29. The Morgan fingerprint density at radius 3 is 2.17 bits per heavy atom. The zero-order valence-electron chi connectivity index (χ0n) is 12.8. The summed E-state index contributed by atoms with van der Waals surface area (Å²) in [6, 6.07) is 4.98. The molecule has 1 aromatic carbocycles. The van der Waals surface area contributed by atoms with Crippen LogP contribution in [0.1, 0.15) is 48.9 Å². The Kier molecular flexibility index (Phi) is 3.52. The number of carbonyl (C=O) groups excluding carboxylic acids is 1.